The van der Waals surface area contributed by atoms with Gasteiger partial charge in [0.1, 0.15) is 0 Å². The van der Waals surface area contributed by atoms with Gasteiger partial charge in [-0.2, -0.15) is 0 Å². The Bertz CT molecular complexity index is 539. The van der Waals surface area contributed by atoms with Gasteiger partial charge in [-0.25, -0.2) is 13.6 Å². The Morgan fingerprint density at radius 3 is 2.67 bits per heavy atom. The van der Waals surface area contributed by atoms with Gasteiger partial charge in [-0.1, -0.05) is 6.92 Å². The zero-order chi connectivity index (χ0) is 15.6. The van der Waals surface area contributed by atoms with E-state index < -0.39 is 24.8 Å². The zero-order valence-corrected chi connectivity index (χ0v) is 12.2. The Morgan fingerprint density at radius 2 is 2.05 bits per heavy atom. The maximum Gasteiger partial charge on any atom is 0.321 e. The molecule has 5 nitrogen and oxygen atoms in total. The number of hydrogen-bond donors (Lipinski definition) is 1. The molecule has 0 fully saturated rings. The highest BCUT2D eigenvalue weighted by Gasteiger charge is 2.35. The van der Waals surface area contributed by atoms with Crippen molar-refractivity contribution in [2.24, 2.45) is 0 Å². The van der Waals surface area contributed by atoms with Crippen molar-refractivity contribution in [2.45, 2.75) is 32.5 Å². The molecule has 1 N–H and O–H groups in total. The molecular formula is C14H18F2N2O3. The van der Waals surface area contributed by atoms with Gasteiger partial charge in [0.25, 0.3) is 6.43 Å². The number of halogens is 2. The predicted molar refractivity (Wildman–Crippen MR) is 74.0 cm³/mol. The molecule has 1 aliphatic heterocycles. The average molecular weight is 300 g/mol. The molecule has 1 aromatic carbocycles. The van der Waals surface area contributed by atoms with E-state index >= 15 is 0 Å². The summed E-state index contributed by atoms with van der Waals surface area (Å²) in [6, 6.07) is 4.33. The van der Waals surface area contributed by atoms with Crippen LogP contribution in [0.2, 0.25) is 0 Å². The fourth-order valence-electron chi connectivity index (χ4n) is 1.89. The van der Waals surface area contributed by atoms with Gasteiger partial charge in [0.2, 0.25) is 5.79 Å². The molecule has 2 rings (SSSR count). The first-order chi connectivity index (χ1) is 9.83. The molecule has 7 heteroatoms. The molecule has 0 aliphatic carbocycles. The second-order valence-corrected chi connectivity index (χ2v) is 5.05. The molecule has 1 aliphatic rings. The number of anilines is 1. The van der Waals surface area contributed by atoms with E-state index in [1.807, 2.05) is 13.8 Å². The van der Waals surface area contributed by atoms with Crippen LogP contribution in [0.25, 0.3) is 0 Å². The van der Waals surface area contributed by atoms with E-state index in [4.69, 9.17) is 9.47 Å². The van der Waals surface area contributed by atoms with E-state index in [9.17, 15) is 13.6 Å². The van der Waals surface area contributed by atoms with E-state index in [2.05, 4.69) is 5.32 Å². The van der Waals surface area contributed by atoms with Crippen LogP contribution in [-0.2, 0) is 0 Å². The van der Waals surface area contributed by atoms with Gasteiger partial charge in [0.15, 0.2) is 11.5 Å². The molecule has 2 amide bonds. The lowest BCUT2D eigenvalue weighted by molar-refractivity contribution is -0.0640. The Labute approximate surface area is 121 Å². The molecule has 0 saturated heterocycles. The topological polar surface area (TPSA) is 50.8 Å². The van der Waals surface area contributed by atoms with Gasteiger partial charge < -0.3 is 19.7 Å². The van der Waals surface area contributed by atoms with E-state index in [0.29, 0.717) is 23.6 Å². The van der Waals surface area contributed by atoms with Crippen molar-refractivity contribution < 1.29 is 23.0 Å². The quantitative estimate of drug-likeness (QED) is 0.928. The van der Waals surface area contributed by atoms with Gasteiger partial charge >= 0.3 is 6.03 Å². The minimum Gasteiger partial charge on any atom is -0.449 e. The van der Waals surface area contributed by atoms with E-state index in [1.54, 1.807) is 18.2 Å². The number of alkyl halides is 2. The van der Waals surface area contributed by atoms with E-state index in [0.717, 1.165) is 4.90 Å². The summed E-state index contributed by atoms with van der Waals surface area (Å²) in [4.78, 5) is 12.7. The monoisotopic (exact) mass is 300 g/mol. The van der Waals surface area contributed by atoms with Crippen LogP contribution < -0.4 is 14.8 Å². The number of nitrogens with one attached hydrogen (secondary N) is 1. The summed E-state index contributed by atoms with van der Waals surface area (Å²) in [6.07, 6.45) is -1.90. The highest BCUT2D eigenvalue weighted by Crippen LogP contribution is 2.42. The van der Waals surface area contributed by atoms with Crippen LogP contribution in [0.5, 0.6) is 11.5 Å². The van der Waals surface area contributed by atoms with Gasteiger partial charge in [-0.15, -0.1) is 0 Å². The highest BCUT2D eigenvalue weighted by molar-refractivity contribution is 5.89. The van der Waals surface area contributed by atoms with Crippen LogP contribution in [0.1, 0.15) is 20.3 Å². The number of carbonyl (C=O) groups is 1. The van der Waals surface area contributed by atoms with Crippen molar-refractivity contribution in [3.05, 3.63) is 18.2 Å². The maximum absolute atomic E-state index is 12.2. The summed E-state index contributed by atoms with van der Waals surface area (Å²) in [7, 11) is 1.31. The molecule has 116 valence electrons. The summed E-state index contributed by atoms with van der Waals surface area (Å²) in [6.45, 7) is 3.14. The van der Waals surface area contributed by atoms with Crippen LogP contribution in [0.15, 0.2) is 18.2 Å². The molecule has 0 unspecified atom stereocenters. The lowest BCUT2D eigenvalue weighted by Crippen LogP contribution is -2.34. The molecule has 21 heavy (non-hydrogen) atoms. The fourth-order valence-corrected chi connectivity index (χ4v) is 1.89. The molecule has 0 spiro atoms. The number of hydrogen-bond acceptors (Lipinski definition) is 3. The summed E-state index contributed by atoms with van der Waals surface area (Å²) < 4.78 is 35.8. The first-order valence-electron chi connectivity index (χ1n) is 6.65. The molecule has 0 radical (unpaired) electrons. The van der Waals surface area contributed by atoms with Crippen LogP contribution in [-0.4, -0.2) is 36.7 Å². The van der Waals surface area contributed by atoms with Gasteiger partial charge in [0.05, 0.1) is 6.54 Å². The first kappa shape index (κ1) is 15.3. The highest BCUT2D eigenvalue weighted by atomic mass is 19.3. The zero-order valence-electron chi connectivity index (χ0n) is 12.2. The third-order valence-electron chi connectivity index (χ3n) is 3.25. The SMILES string of the molecule is CC[C@@]1(C)Oc2ccc(NC(=O)N(C)CC(F)F)cc2O1. The van der Waals surface area contributed by atoms with Crippen LogP contribution in [0.4, 0.5) is 19.3 Å². The van der Waals surface area contributed by atoms with Crippen LogP contribution >= 0.6 is 0 Å². The van der Waals surface area contributed by atoms with Gasteiger partial charge in [-0.05, 0) is 12.1 Å². The number of fused-ring (bicyclic) bond motifs is 1. The van der Waals surface area contributed by atoms with E-state index in [-0.39, 0.29) is 0 Å². The standard InChI is InChI=1S/C14H18F2N2O3/c1-4-14(2)20-10-6-5-9(7-11(10)21-14)17-13(19)18(3)8-12(15)16/h5-7,12H,4,8H2,1-3H3,(H,17,19)/t14-/m0/s1. The number of benzene rings is 1. The molecule has 1 atom stereocenters. The molecule has 1 aromatic rings. The third kappa shape index (κ3) is 3.53. The van der Waals surface area contributed by atoms with Crippen molar-refractivity contribution in [1.82, 2.24) is 4.90 Å². The third-order valence-corrected chi connectivity index (χ3v) is 3.25. The maximum atomic E-state index is 12.2. The number of carbonyl (C=O) groups excluding carboxylic acids is 1. The molecule has 0 aromatic heterocycles. The first-order valence-corrected chi connectivity index (χ1v) is 6.65. The van der Waals surface area contributed by atoms with Gasteiger partial charge in [0, 0.05) is 32.1 Å². The smallest absolute Gasteiger partial charge is 0.321 e. The Hall–Kier alpha value is -2.05. The minimum atomic E-state index is -2.57. The van der Waals surface area contributed by atoms with Crippen molar-refractivity contribution in [3.8, 4) is 11.5 Å². The second-order valence-electron chi connectivity index (χ2n) is 5.05. The molecule has 0 bridgehead atoms. The minimum absolute atomic E-state index is 0.462. The predicted octanol–water partition coefficient (Wildman–Crippen LogP) is 3.31. The average Bonchev–Trinajstić information content (AvgIpc) is 2.74. The normalized spacial score (nSPS) is 19.7. The molecular weight excluding hydrogens is 282 g/mol. The summed E-state index contributed by atoms with van der Waals surface area (Å²) >= 11 is 0. The number of nitrogens with zero attached hydrogens (tertiary/aromatic N) is 1. The van der Waals surface area contributed by atoms with Crippen LogP contribution in [0, 0.1) is 0 Å². The van der Waals surface area contributed by atoms with E-state index in [1.165, 1.54) is 7.05 Å². The lowest BCUT2D eigenvalue weighted by atomic mass is 10.2. The number of amides is 2. The Balaban J connectivity index is 2.04. The number of rotatable bonds is 4. The van der Waals surface area contributed by atoms with Gasteiger partial charge in [-0.3, -0.25) is 0 Å². The lowest BCUT2D eigenvalue weighted by Gasteiger charge is -2.20. The summed E-state index contributed by atoms with van der Waals surface area (Å²) in [5.74, 6) is 0.407. The second kappa shape index (κ2) is 5.75. The number of urea groups is 1. The van der Waals surface area contributed by atoms with Crippen molar-refractivity contribution in [3.63, 3.8) is 0 Å². The largest absolute Gasteiger partial charge is 0.449 e. The van der Waals surface area contributed by atoms with Crippen molar-refractivity contribution in [2.75, 3.05) is 18.9 Å². The van der Waals surface area contributed by atoms with Crippen LogP contribution in [0.3, 0.4) is 0 Å². The number of ether oxygens (including phenoxy) is 2. The summed E-state index contributed by atoms with van der Waals surface area (Å²) in [5.41, 5.74) is 0.462. The van der Waals surface area contributed by atoms with Crippen molar-refractivity contribution in [1.29, 1.82) is 0 Å². The Morgan fingerprint density at radius 1 is 1.38 bits per heavy atom. The Kier molecular flexibility index (Phi) is 4.20. The summed E-state index contributed by atoms with van der Waals surface area (Å²) in [5, 5.41) is 2.54. The fraction of sp³-hybridized carbons (Fsp3) is 0.500. The molecule has 1 heterocycles. The molecule has 0 saturated carbocycles. The van der Waals surface area contributed by atoms with Crippen molar-refractivity contribution >= 4 is 11.7 Å².